The predicted molar refractivity (Wildman–Crippen MR) is 77.4 cm³/mol. The molecule has 1 rings (SSSR count). The van der Waals surface area contributed by atoms with E-state index in [1.807, 2.05) is 30.3 Å². The van der Waals surface area contributed by atoms with Gasteiger partial charge in [0.15, 0.2) is 0 Å². The third kappa shape index (κ3) is 5.73. The summed E-state index contributed by atoms with van der Waals surface area (Å²) in [4.78, 5) is 23.6. The highest BCUT2D eigenvalue weighted by Crippen LogP contribution is 2.11. The quantitative estimate of drug-likeness (QED) is 0.826. The van der Waals surface area contributed by atoms with Gasteiger partial charge in [-0.25, -0.2) is 9.59 Å². The summed E-state index contributed by atoms with van der Waals surface area (Å²) in [6, 6.07) is 8.38. The Balaban J connectivity index is 2.79. The molecule has 0 aliphatic heterocycles. The van der Waals surface area contributed by atoms with Crippen molar-refractivity contribution < 1.29 is 14.3 Å². The van der Waals surface area contributed by atoms with Crippen LogP contribution in [0.15, 0.2) is 30.3 Å². The largest absolute Gasteiger partial charge is 0.458 e. The summed E-state index contributed by atoms with van der Waals surface area (Å²) in [5.74, 6) is -0.440. The van der Waals surface area contributed by atoms with Crippen LogP contribution in [0.5, 0.6) is 0 Å². The lowest BCUT2D eigenvalue weighted by Crippen LogP contribution is -2.48. The first kappa shape index (κ1) is 16.0. The number of carbonyl (C=O) groups excluding carboxylic acids is 2. The molecule has 0 aliphatic rings. The molecule has 0 heterocycles. The Bertz CT molecular complexity index is 452. The van der Waals surface area contributed by atoms with Crippen LogP contribution in [-0.2, 0) is 16.0 Å². The first-order chi connectivity index (χ1) is 9.31. The van der Waals surface area contributed by atoms with Crippen LogP contribution >= 0.6 is 0 Å². The van der Waals surface area contributed by atoms with Crippen LogP contribution in [0.3, 0.4) is 0 Å². The number of esters is 1. The average Bonchev–Trinajstić information content (AvgIpc) is 2.37. The molecule has 110 valence electrons. The van der Waals surface area contributed by atoms with E-state index in [1.54, 1.807) is 20.8 Å². The third-order valence-corrected chi connectivity index (χ3v) is 2.51. The van der Waals surface area contributed by atoms with Crippen LogP contribution in [0.2, 0.25) is 0 Å². The zero-order valence-corrected chi connectivity index (χ0v) is 12.4. The average molecular weight is 278 g/mol. The molecule has 0 aliphatic carbocycles. The van der Waals surface area contributed by atoms with Gasteiger partial charge in [0.25, 0.3) is 0 Å². The molecule has 0 spiro atoms. The summed E-state index contributed by atoms with van der Waals surface area (Å²) in [7, 11) is 1.50. The van der Waals surface area contributed by atoms with Gasteiger partial charge in [-0.2, -0.15) is 0 Å². The standard InChI is InChI=1S/C15H22N2O3/c1-15(2,3)20-13(18)12(17-14(19)16-4)10-11-8-6-5-7-9-11/h5-9,12H,10H2,1-4H3,(H2,16,17,19)/t12-/m0/s1. The Labute approximate surface area is 119 Å². The number of rotatable bonds is 4. The molecule has 0 aromatic heterocycles. The third-order valence-electron chi connectivity index (χ3n) is 2.51. The maximum Gasteiger partial charge on any atom is 0.329 e. The minimum atomic E-state index is -0.712. The lowest BCUT2D eigenvalue weighted by molar-refractivity contribution is -0.157. The van der Waals surface area contributed by atoms with Crippen LogP contribution in [0.1, 0.15) is 26.3 Å². The van der Waals surface area contributed by atoms with Crippen molar-refractivity contribution in [1.29, 1.82) is 0 Å². The van der Waals surface area contributed by atoms with E-state index in [1.165, 1.54) is 7.05 Å². The topological polar surface area (TPSA) is 67.4 Å². The number of amides is 2. The van der Waals surface area contributed by atoms with E-state index in [9.17, 15) is 9.59 Å². The monoisotopic (exact) mass is 278 g/mol. The van der Waals surface area contributed by atoms with Crippen molar-refractivity contribution in [3.8, 4) is 0 Å². The molecule has 0 unspecified atom stereocenters. The van der Waals surface area contributed by atoms with Crippen molar-refractivity contribution in [2.75, 3.05) is 7.05 Å². The minimum Gasteiger partial charge on any atom is -0.458 e. The van der Waals surface area contributed by atoms with Crippen molar-refractivity contribution in [3.05, 3.63) is 35.9 Å². The van der Waals surface area contributed by atoms with Gasteiger partial charge in [-0.1, -0.05) is 30.3 Å². The van der Waals surface area contributed by atoms with E-state index in [4.69, 9.17) is 4.74 Å². The first-order valence-corrected chi connectivity index (χ1v) is 6.57. The minimum absolute atomic E-state index is 0.392. The Hall–Kier alpha value is -2.04. The second-order valence-corrected chi connectivity index (χ2v) is 5.50. The summed E-state index contributed by atoms with van der Waals surface area (Å²) in [5.41, 5.74) is 0.371. The lowest BCUT2D eigenvalue weighted by Gasteiger charge is -2.24. The van der Waals surface area contributed by atoms with Gasteiger partial charge in [0.2, 0.25) is 0 Å². The van der Waals surface area contributed by atoms with Gasteiger partial charge >= 0.3 is 12.0 Å². The van der Waals surface area contributed by atoms with E-state index >= 15 is 0 Å². The number of nitrogens with one attached hydrogen (secondary N) is 2. The van der Waals surface area contributed by atoms with E-state index in [0.717, 1.165) is 5.56 Å². The highest BCUT2D eigenvalue weighted by atomic mass is 16.6. The van der Waals surface area contributed by atoms with E-state index < -0.39 is 23.6 Å². The Morgan fingerprint density at radius 2 is 1.80 bits per heavy atom. The molecule has 1 atom stereocenters. The molecule has 2 N–H and O–H groups in total. The lowest BCUT2D eigenvalue weighted by atomic mass is 10.1. The molecule has 0 saturated carbocycles. The highest BCUT2D eigenvalue weighted by Gasteiger charge is 2.26. The van der Waals surface area contributed by atoms with Gasteiger partial charge in [0.05, 0.1) is 0 Å². The fourth-order valence-electron chi connectivity index (χ4n) is 1.65. The fraction of sp³-hybridized carbons (Fsp3) is 0.467. The van der Waals surface area contributed by atoms with Crippen LogP contribution in [0.25, 0.3) is 0 Å². The molecule has 0 bridgehead atoms. The molecule has 1 aromatic rings. The molecular formula is C15H22N2O3. The second kappa shape index (κ2) is 6.93. The van der Waals surface area contributed by atoms with Crippen LogP contribution in [0, 0.1) is 0 Å². The zero-order valence-electron chi connectivity index (χ0n) is 12.4. The van der Waals surface area contributed by atoms with E-state index in [-0.39, 0.29) is 0 Å². The first-order valence-electron chi connectivity index (χ1n) is 6.57. The van der Waals surface area contributed by atoms with Gasteiger partial charge in [-0.15, -0.1) is 0 Å². The Kier molecular flexibility index (Phi) is 5.55. The van der Waals surface area contributed by atoms with Crippen molar-refractivity contribution in [3.63, 3.8) is 0 Å². The van der Waals surface area contributed by atoms with Gasteiger partial charge < -0.3 is 15.4 Å². The molecule has 20 heavy (non-hydrogen) atoms. The SMILES string of the molecule is CNC(=O)N[C@@H](Cc1ccccc1)C(=O)OC(C)(C)C. The Morgan fingerprint density at radius 3 is 2.30 bits per heavy atom. The van der Waals surface area contributed by atoms with Gasteiger partial charge in [0.1, 0.15) is 11.6 Å². The van der Waals surface area contributed by atoms with Crippen molar-refractivity contribution in [2.45, 2.75) is 38.8 Å². The number of benzene rings is 1. The van der Waals surface area contributed by atoms with Gasteiger partial charge in [0, 0.05) is 13.5 Å². The van der Waals surface area contributed by atoms with Crippen molar-refractivity contribution >= 4 is 12.0 Å². The second-order valence-electron chi connectivity index (χ2n) is 5.50. The summed E-state index contributed by atoms with van der Waals surface area (Å²) in [6.45, 7) is 5.39. The molecule has 0 fully saturated rings. The maximum atomic E-state index is 12.1. The van der Waals surface area contributed by atoms with Gasteiger partial charge in [-0.3, -0.25) is 0 Å². The molecule has 0 radical (unpaired) electrons. The van der Waals surface area contributed by atoms with Crippen molar-refractivity contribution in [1.82, 2.24) is 10.6 Å². The summed E-state index contributed by atoms with van der Waals surface area (Å²) < 4.78 is 5.34. The maximum absolute atomic E-state index is 12.1. The van der Waals surface area contributed by atoms with Crippen LogP contribution < -0.4 is 10.6 Å². The smallest absolute Gasteiger partial charge is 0.329 e. The van der Waals surface area contributed by atoms with E-state index in [2.05, 4.69) is 10.6 Å². The molecule has 1 aromatic carbocycles. The molecule has 5 heteroatoms. The summed E-state index contributed by atoms with van der Waals surface area (Å²) in [5, 5.41) is 5.05. The molecule has 0 saturated heterocycles. The zero-order chi connectivity index (χ0) is 15.2. The van der Waals surface area contributed by atoms with E-state index in [0.29, 0.717) is 6.42 Å². The molecular weight excluding hydrogens is 256 g/mol. The summed E-state index contributed by atoms with van der Waals surface area (Å²) in [6.07, 6.45) is 0.392. The number of urea groups is 1. The van der Waals surface area contributed by atoms with Crippen molar-refractivity contribution in [2.24, 2.45) is 0 Å². The normalized spacial score (nSPS) is 12.4. The summed E-state index contributed by atoms with van der Waals surface area (Å²) >= 11 is 0. The Morgan fingerprint density at radius 1 is 1.20 bits per heavy atom. The number of hydrogen-bond donors (Lipinski definition) is 2. The molecule has 2 amide bonds. The highest BCUT2D eigenvalue weighted by molar-refractivity contribution is 5.83. The van der Waals surface area contributed by atoms with Gasteiger partial charge in [-0.05, 0) is 26.3 Å². The van der Waals surface area contributed by atoms with Crippen LogP contribution in [-0.4, -0.2) is 30.7 Å². The predicted octanol–water partition coefficient (Wildman–Crippen LogP) is 1.87. The number of ether oxygens (including phenoxy) is 1. The van der Waals surface area contributed by atoms with Crippen LogP contribution in [0.4, 0.5) is 4.79 Å². The molecule has 5 nitrogen and oxygen atoms in total. The number of carbonyl (C=O) groups is 2. The fourth-order valence-corrected chi connectivity index (χ4v) is 1.65. The number of hydrogen-bond acceptors (Lipinski definition) is 3.